The number of hydrogen-bond acceptors (Lipinski definition) is 7. The highest BCUT2D eigenvalue weighted by atomic mass is 16.6. The summed E-state index contributed by atoms with van der Waals surface area (Å²) in [6.45, 7) is 1.75. The zero-order chi connectivity index (χ0) is 19.4. The maximum Gasteiger partial charge on any atom is 0.301 e. The number of rotatable bonds is 6. The molecule has 27 heavy (non-hydrogen) atoms. The highest BCUT2D eigenvalue weighted by Gasteiger charge is 2.19. The fraction of sp³-hybridized carbons (Fsp3) is 0.0588. The van der Waals surface area contributed by atoms with Gasteiger partial charge >= 0.3 is 5.69 Å². The van der Waals surface area contributed by atoms with Gasteiger partial charge < -0.3 is 4.57 Å². The minimum absolute atomic E-state index is 0.0694. The number of aromatic nitrogens is 2. The van der Waals surface area contributed by atoms with Crippen molar-refractivity contribution in [1.29, 1.82) is 0 Å². The fourth-order valence-electron chi connectivity index (χ4n) is 2.37. The maximum atomic E-state index is 11.1. The Labute approximate surface area is 153 Å². The van der Waals surface area contributed by atoms with E-state index in [0.29, 0.717) is 5.71 Å². The van der Waals surface area contributed by atoms with Gasteiger partial charge in [-0.25, -0.2) is 4.98 Å². The van der Waals surface area contributed by atoms with E-state index < -0.39 is 15.5 Å². The Morgan fingerprint density at radius 2 is 1.85 bits per heavy atom. The van der Waals surface area contributed by atoms with Crippen LogP contribution in [0, 0.1) is 20.2 Å². The first-order valence-electron chi connectivity index (χ1n) is 7.77. The Morgan fingerprint density at radius 3 is 2.44 bits per heavy atom. The average molecular weight is 366 g/mol. The molecular formula is C17H14N6O4. The number of benzene rings is 2. The number of imidazole rings is 1. The molecule has 0 aliphatic heterocycles. The van der Waals surface area contributed by atoms with Gasteiger partial charge in [-0.1, -0.05) is 12.1 Å². The third kappa shape index (κ3) is 3.95. The van der Waals surface area contributed by atoms with Crippen molar-refractivity contribution in [3.05, 3.63) is 87.0 Å². The van der Waals surface area contributed by atoms with Crippen LogP contribution < -0.4 is 5.43 Å². The number of non-ortho nitro benzene ring substituents is 1. The van der Waals surface area contributed by atoms with E-state index in [-0.39, 0.29) is 11.4 Å². The van der Waals surface area contributed by atoms with Gasteiger partial charge in [0.2, 0.25) is 0 Å². The van der Waals surface area contributed by atoms with Gasteiger partial charge in [-0.2, -0.15) is 5.10 Å². The molecule has 2 aromatic carbocycles. The van der Waals surface area contributed by atoms with E-state index in [2.05, 4.69) is 15.5 Å². The smallest absolute Gasteiger partial charge is 0.301 e. The summed E-state index contributed by atoms with van der Waals surface area (Å²) in [6.07, 6.45) is 5.19. The van der Waals surface area contributed by atoms with Crippen LogP contribution in [0.2, 0.25) is 0 Å². The number of nitrogens with zero attached hydrogens (tertiary/aromatic N) is 5. The van der Waals surface area contributed by atoms with Crippen molar-refractivity contribution in [2.24, 2.45) is 5.10 Å². The van der Waals surface area contributed by atoms with E-state index in [4.69, 9.17) is 0 Å². The Morgan fingerprint density at radius 1 is 1.11 bits per heavy atom. The third-order valence-corrected chi connectivity index (χ3v) is 3.82. The molecule has 0 bridgehead atoms. The molecule has 1 N–H and O–H groups in total. The first-order valence-corrected chi connectivity index (χ1v) is 7.77. The second kappa shape index (κ2) is 7.44. The van der Waals surface area contributed by atoms with E-state index >= 15 is 0 Å². The Balaban J connectivity index is 1.81. The quantitative estimate of drug-likeness (QED) is 0.404. The van der Waals surface area contributed by atoms with Crippen molar-refractivity contribution in [3.63, 3.8) is 0 Å². The lowest BCUT2D eigenvalue weighted by Crippen LogP contribution is -2.03. The summed E-state index contributed by atoms with van der Waals surface area (Å²) < 4.78 is 1.86. The lowest BCUT2D eigenvalue weighted by molar-refractivity contribution is -0.393. The number of nitro groups is 2. The third-order valence-electron chi connectivity index (χ3n) is 3.82. The summed E-state index contributed by atoms with van der Waals surface area (Å²) in [5.74, 6) is 0. The minimum atomic E-state index is -0.694. The van der Waals surface area contributed by atoms with Crippen molar-refractivity contribution >= 4 is 22.8 Å². The standard InChI is InChI=1S/C17H14N6O4/c1-12(13-2-4-14(5-3-13)21-9-8-18-11-21)19-20-16-7-6-15(22(24)25)10-17(16)23(26)27/h2-11,20H,1H3/b19-12+. The molecule has 0 amide bonds. The van der Waals surface area contributed by atoms with Gasteiger partial charge in [0.1, 0.15) is 5.69 Å². The molecule has 0 saturated carbocycles. The summed E-state index contributed by atoms with van der Waals surface area (Å²) >= 11 is 0. The zero-order valence-electron chi connectivity index (χ0n) is 14.1. The van der Waals surface area contributed by atoms with Crippen LogP contribution in [0.15, 0.2) is 66.3 Å². The summed E-state index contributed by atoms with van der Waals surface area (Å²) in [5.41, 5.74) is 4.25. The predicted molar refractivity (Wildman–Crippen MR) is 99.1 cm³/mol. The van der Waals surface area contributed by atoms with Crippen molar-refractivity contribution in [2.45, 2.75) is 6.92 Å². The molecule has 0 aliphatic rings. The van der Waals surface area contributed by atoms with Gasteiger partial charge in [0, 0.05) is 24.1 Å². The zero-order valence-corrected chi connectivity index (χ0v) is 14.1. The number of hydrazone groups is 1. The van der Waals surface area contributed by atoms with Crippen LogP contribution in [0.5, 0.6) is 0 Å². The SMILES string of the molecule is C/C(=N\Nc1ccc([N+](=O)[O-])cc1[N+](=O)[O-])c1ccc(-n2ccnc2)cc1. The van der Waals surface area contributed by atoms with Crippen LogP contribution >= 0.6 is 0 Å². The van der Waals surface area contributed by atoms with Gasteiger partial charge in [-0.3, -0.25) is 25.7 Å². The van der Waals surface area contributed by atoms with Crippen LogP contribution in [0.3, 0.4) is 0 Å². The van der Waals surface area contributed by atoms with Crippen molar-refractivity contribution in [1.82, 2.24) is 9.55 Å². The predicted octanol–water partition coefficient (Wildman–Crippen LogP) is 3.52. The van der Waals surface area contributed by atoms with Crippen LogP contribution in [-0.4, -0.2) is 25.1 Å². The Bertz CT molecular complexity index is 1010. The normalized spacial score (nSPS) is 11.2. The maximum absolute atomic E-state index is 11.1. The summed E-state index contributed by atoms with van der Waals surface area (Å²) in [6, 6.07) is 10.8. The molecule has 0 spiro atoms. The molecule has 1 aromatic heterocycles. The van der Waals surface area contributed by atoms with Crippen molar-refractivity contribution in [3.8, 4) is 5.69 Å². The van der Waals surface area contributed by atoms with E-state index in [1.807, 2.05) is 35.0 Å². The van der Waals surface area contributed by atoms with Gasteiger partial charge in [0.15, 0.2) is 0 Å². The minimum Gasteiger partial charge on any atom is -0.306 e. The molecule has 1 heterocycles. The molecule has 0 unspecified atom stereocenters. The van der Waals surface area contributed by atoms with E-state index in [1.54, 1.807) is 19.4 Å². The van der Waals surface area contributed by atoms with Crippen molar-refractivity contribution in [2.75, 3.05) is 5.43 Å². The first-order chi connectivity index (χ1) is 13.0. The fourth-order valence-corrected chi connectivity index (χ4v) is 2.37. The molecule has 136 valence electrons. The summed E-state index contributed by atoms with van der Waals surface area (Å²) in [7, 11) is 0. The van der Waals surface area contributed by atoms with Crippen LogP contribution in [0.1, 0.15) is 12.5 Å². The average Bonchev–Trinajstić information content (AvgIpc) is 3.20. The number of nitro benzene ring substituents is 2. The Kier molecular flexibility index (Phi) is 4.88. The van der Waals surface area contributed by atoms with E-state index in [1.165, 1.54) is 12.1 Å². The van der Waals surface area contributed by atoms with E-state index in [9.17, 15) is 20.2 Å². The molecule has 0 atom stereocenters. The number of anilines is 1. The van der Waals surface area contributed by atoms with Crippen LogP contribution in [0.25, 0.3) is 5.69 Å². The van der Waals surface area contributed by atoms with Gasteiger partial charge in [-0.05, 0) is 30.7 Å². The molecule has 3 rings (SSSR count). The highest BCUT2D eigenvalue weighted by molar-refractivity contribution is 5.99. The second-order valence-electron chi connectivity index (χ2n) is 5.54. The first kappa shape index (κ1) is 17.7. The lowest BCUT2D eigenvalue weighted by atomic mass is 10.1. The monoisotopic (exact) mass is 366 g/mol. The second-order valence-corrected chi connectivity index (χ2v) is 5.54. The van der Waals surface area contributed by atoms with Gasteiger partial charge in [0.25, 0.3) is 5.69 Å². The van der Waals surface area contributed by atoms with Crippen LogP contribution in [0.4, 0.5) is 17.1 Å². The molecular weight excluding hydrogens is 352 g/mol. The van der Waals surface area contributed by atoms with Crippen LogP contribution in [-0.2, 0) is 0 Å². The van der Waals surface area contributed by atoms with Crippen molar-refractivity contribution < 1.29 is 9.85 Å². The lowest BCUT2D eigenvalue weighted by Gasteiger charge is -2.06. The summed E-state index contributed by atoms with van der Waals surface area (Å²) in [5, 5.41) is 26.1. The highest BCUT2D eigenvalue weighted by Crippen LogP contribution is 2.29. The van der Waals surface area contributed by atoms with E-state index in [0.717, 1.165) is 17.3 Å². The number of nitrogens with one attached hydrogen (secondary N) is 1. The Hall–Kier alpha value is -4.08. The largest absolute Gasteiger partial charge is 0.306 e. The molecule has 10 heteroatoms. The summed E-state index contributed by atoms with van der Waals surface area (Å²) in [4.78, 5) is 24.5. The molecule has 3 aromatic rings. The number of hydrogen-bond donors (Lipinski definition) is 1. The van der Waals surface area contributed by atoms with Gasteiger partial charge in [-0.15, -0.1) is 0 Å². The molecule has 0 saturated heterocycles. The molecule has 0 fully saturated rings. The molecule has 0 aliphatic carbocycles. The topological polar surface area (TPSA) is 128 Å². The van der Waals surface area contributed by atoms with Gasteiger partial charge in [0.05, 0.1) is 28.0 Å². The molecule has 0 radical (unpaired) electrons. The molecule has 10 nitrogen and oxygen atoms in total.